The van der Waals surface area contributed by atoms with Gasteiger partial charge in [-0.25, -0.2) is 0 Å². The van der Waals surface area contributed by atoms with Crippen molar-refractivity contribution in [2.24, 2.45) is 0 Å². The highest BCUT2D eigenvalue weighted by atomic mass is 32.2. The highest BCUT2D eigenvalue weighted by Crippen LogP contribution is 2.22. The van der Waals surface area contributed by atoms with Crippen LogP contribution in [0.2, 0.25) is 0 Å². The first kappa shape index (κ1) is 14.5. The molecule has 0 radical (unpaired) electrons. The topological polar surface area (TPSA) is 52.5 Å². The van der Waals surface area contributed by atoms with Crippen molar-refractivity contribution in [3.8, 4) is 0 Å². The number of rotatable bonds is 7. The predicted octanol–water partition coefficient (Wildman–Crippen LogP) is 1.63. The van der Waals surface area contributed by atoms with Gasteiger partial charge >= 0.3 is 0 Å². The van der Waals surface area contributed by atoms with Crippen molar-refractivity contribution in [1.82, 2.24) is 5.32 Å². The molecule has 0 saturated carbocycles. The molecule has 17 heavy (non-hydrogen) atoms. The summed E-state index contributed by atoms with van der Waals surface area (Å²) in [5.41, 5.74) is 1.18. The van der Waals surface area contributed by atoms with Gasteiger partial charge in [0.25, 0.3) is 0 Å². The molecule has 0 saturated heterocycles. The molecule has 96 valence electrons. The van der Waals surface area contributed by atoms with Gasteiger partial charge < -0.3 is 15.5 Å². The maximum absolute atomic E-state index is 9.16. The summed E-state index contributed by atoms with van der Waals surface area (Å²) in [4.78, 5) is 1.28. The Balaban J connectivity index is 2.35. The molecular formula is C13H21NO2S. The van der Waals surface area contributed by atoms with Crippen LogP contribution < -0.4 is 5.32 Å². The normalized spacial score (nSPS) is 13.0. The van der Waals surface area contributed by atoms with Crippen LogP contribution in [0.25, 0.3) is 0 Å². The minimum absolute atomic E-state index is 0.197. The van der Waals surface area contributed by atoms with Crippen molar-refractivity contribution in [3.05, 3.63) is 29.8 Å². The first-order chi connectivity index (χ1) is 8.11. The summed E-state index contributed by atoms with van der Waals surface area (Å²) in [7, 11) is 0. The lowest BCUT2D eigenvalue weighted by molar-refractivity contribution is 0.0942. The van der Waals surface area contributed by atoms with Crippen LogP contribution in [-0.4, -0.2) is 34.7 Å². The van der Waals surface area contributed by atoms with E-state index in [1.807, 2.05) is 11.8 Å². The highest BCUT2D eigenvalue weighted by Gasteiger charge is 2.01. The summed E-state index contributed by atoms with van der Waals surface area (Å²) < 4.78 is 0. The fourth-order valence-electron chi connectivity index (χ4n) is 1.41. The summed E-state index contributed by atoms with van der Waals surface area (Å²) in [5.74, 6) is 0. The molecule has 0 spiro atoms. The second kappa shape index (κ2) is 7.71. The number of hydrogen-bond acceptors (Lipinski definition) is 4. The fourth-order valence-corrected chi connectivity index (χ4v) is 2.24. The molecular weight excluding hydrogens is 234 g/mol. The molecule has 0 heterocycles. The lowest BCUT2D eigenvalue weighted by atomic mass is 10.2. The predicted molar refractivity (Wildman–Crippen MR) is 72.2 cm³/mol. The maximum Gasteiger partial charge on any atom is 0.0895 e. The van der Waals surface area contributed by atoms with Crippen LogP contribution in [0.3, 0.4) is 0 Å². The van der Waals surface area contributed by atoms with E-state index in [4.69, 9.17) is 10.2 Å². The molecule has 1 aromatic rings. The number of hydrogen-bond donors (Lipinski definition) is 3. The third-order valence-corrected chi connectivity index (χ3v) is 3.23. The van der Waals surface area contributed by atoms with E-state index in [1.54, 1.807) is 0 Å². The van der Waals surface area contributed by atoms with Crippen molar-refractivity contribution in [3.63, 3.8) is 0 Å². The minimum atomic E-state index is -0.675. The first-order valence-electron chi connectivity index (χ1n) is 5.87. The van der Waals surface area contributed by atoms with Gasteiger partial charge in [-0.3, -0.25) is 0 Å². The van der Waals surface area contributed by atoms with E-state index in [9.17, 15) is 0 Å². The van der Waals surface area contributed by atoms with Crippen LogP contribution in [0, 0.1) is 0 Å². The van der Waals surface area contributed by atoms with Crippen LogP contribution in [0.1, 0.15) is 19.4 Å². The van der Waals surface area contributed by atoms with E-state index in [-0.39, 0.29) is 6.61 Å². The lowest BCUT2D eigenvalue weighted by Gasteiger charge is -2.09. The van der Waals surface area contributed by atoms with E-state index >= 15 is 0 Å². The number of benzene rings is 1. The number of nitrogens with one attached hydrogen (secondary N) is 1. The monoisotopic (exact) mass is 255 g/mol. The zero-order valence-corrected chi connectivity index (χ0v) is 11.2. The Hall–Kier alpha value is -0.550. The van der Waals surface area contributed by atoms with Gasteiger partial charge in [0.05, 0.1) is 12.7 Å². The van der Waals surface area contributed by atoms with E-state index in [0.29, 0.717) is 18.3 Å². The molecule has 0 bridgehead atoms. The summed E-state index contributed by atoms with van der Waals surface area (Å²) in [6.45, 7) is 5.28. The maximum atomic E-state index is 9.16. The molecule has 0 aromatic heterocycles. The van der Waals surface area contributed by atoms with E-state index in [0.717, 1.165) is 0 Å². The van der Waals surface area contributed by atoms with Gasteiger partial charge in [-0.15, -0.1) is 11.8 Å². The number of aliphatic hydroxyl groups excluding tert-OH is 2. The zero-order valence-electron chi connectivity index (χ0n) is 10.4. The Kier molecular flexibility index (Phi) is 6.58. The van der Waals surface area contributed by atoms with Gasteiger partial charge in [-0.1, -0.05) is 26.0 Å². The van der Waals surface area contributed by atoms with Crippen LogP contribution in [0.4, 0.5) is 0 Å². The quantitative estimate of drug-likeness (QED) is 0.648. The summed E-state index contributed by atoms with van der Waals surface area (Å²) in [6, 6.07) is 8.40. The van der Waals surface area contributed by atoms with E-state index < -0.39 is 6.10 Å². The number of thioether (sulfide) groups is 1. The molecule has 4 heteroatoms. The molecule has 0 aliphatic heterocycles. The van der Waals surface area contributed by atoms with Crippen molar-refractivity contribution >= 4 is 11.8 Å². The van der Waals surface area contributed by atoms with Gasteiger partial charge in [0, 0.05) is 23.2 Å². The minimum Gasteiger partial charge on any atom is -0.394 e. The summed E-state index contributed by atoms with van der Waals surface area (Å²) in [5, 5.41) is 21.5. The van der Waals surface area contributed by atoms with Crippen LogP contribution in [0.5, 0.6) is 0 Å². The van der Waals surface area contributed by atoms with E-state index in [2.05, 4.69) is 43.4 Å². The van der Waals surface area contributed by atoms with Gasteiger partial charge in [-0.2, -0.15) is 0 Å². The zero-order chi connectivity index (χ0) is 12.7. The molecule has 0 aliphatic carbocycles. The first-order valence-corrected chi connectivity index (χ1v) is 6.75. The third kappa shape index (κ3) is 6.07. The molecule has 1 aromatic carbocycles. The molecule has 3 N–H and O–H groups in total. The smallest absolute Gasteiger partial charge is 0.0895 e. The van der Waals surface area contributed by atoms with Gasteiger partial charge in [-0.05, 0) is 17.7 Å². The van der Waals surface area contributed by atoms with Crippen LogP contribution in [-0.2, 0) is 6.54 Å². The van der Waals surface area contributed by atoms with Crippen molar-refractivity contribution in [2.45, 2.75) is 36.6 Å². The van der Waals surface area contributed by atoms with Gasteiger partial charge in [0.2, 0.25) is 0 Å². The van der Waals surface area contributed by atoms with Crippen LogP contribution in [0.15, 0.2) is 29.2 Å². The molecule has 0 amide bonds. The second-order valence-corrected chi connectivity index (χ2v) is 5.93. The molecule has 1 atom stereocenters. The Morgan fingerprint density at radius 2 is 1.88 bits per heavy atom. The lowest BCUT2D eigenvalue weighted by Crippen LogP contribution is -2.28. The average Bonchev–Trinajstić information content (AvgIpc) is 2.30. The van der Waals surface area contributed by atoms with Gasteiger partial charge in [0.15, 0.2) is 0 Å². The Labute approximate surface area is 107 Å². The largest absolute Gasteiger partial charge is 0.394 e. The van der Waals surface area contributed by atoms with Crippen molar-refractivity contribution < 1.29 is 10.2 Å². The van der Waals surface area contributed by atoms with Crippen molar-refractivity contribution in [1.29, 1.82) is 0 Å². The Morgan fingerprint density at radius 3 is 2.41 bits per heavy atom. The molecule has 0 fully saturated rings. The summed E-state index contributed by atoms with van der Waals surface area (Å²) in [6.07, 6.45) is -0.675. The van der Waals surface area contributed by atoms with Gasteiger partial charge in [0.1, 0.15) is 0 Å². The number of aliphatic hydroxyl groups is 2. The fraction of sp³-hybridized carbons (Fsp3) is 0.538. The SMILES string of the molecule is CC(C)Sc1ccc(CNCC(O)CO)cc1. The highest BCUT2D eigenvalue weighted by molar-refractivity contribution is 7.99. The summed E-state index contributed by atoms with van der Waals surface area (Å²) >= 11 is 1.85. The Morgan fingerprint density at radius 1 is 1.24 bits per heavy atom. The standard InChI is InChI=1S/C13H21NO2S/c1-10(2)17-13-5-3-11(4-6-13)7-14-8-12(16)9-15/h3-6,10,12,14-16H,7-9H2,1-2H3. The van der Waals surface area contributed by atoms with Crippen LogP contribution >= 0.6 is 11.8 Å². The average molecular weight is 255 g/mol. The molecule has 1 unspecified atom stereocenters. The van der Waals surface area contributed by atoms with Crippen molar-refractivity contribution in [2.75, 3.05) is 13.2 Å². The molecule has 0 aliphatic rings. The molecule has 3 nitrogen and oxygen atoms in total. The Bertz CT molecular complexity index is 314. The van der Waals surface area contributed by atoms with E-state index in [1.165, 1.54) is 10.5 Å². The second-order valence-electron chi connectivity index (χ2n) is 4.28. The molecule has 1 rings (SSSR count). The third-order valence-electron chi connectivity index (χ3n) is 2.21.